The monoisotopic (exact) mass is 279 g/mol. The fraction of sp³-hybridized carbons (Fsp3) is 0.467. The van der Waals surface area contributed by atoms with Gasteiger partial charge in [-0.15, -0.1) is 0 Å². The molecule has 1 rings (SSSR count). The number of ether oxygens (including phenoxy) is 2. The number of rotatable bonds is 4. The summed E-state index contributed by atoms with van der Waals surface area (Å²) in [5, 5.41) is 2.60. The van der Waals surface area contributed by atoms with E-state index in [1.807, 2.05) is 0 Å². The molecule has 5 nitrogen and oxygen atoms in total. The third-order valence-corrected chi connectivity index (χ3v) is 2.46. The van der Waals surface area contributed by atoms with Crippen LogP contribution < -0.4 is 10.1 Å². The maximum absolute atomic E-state index is 12.0. The Kier molecular flexibility index (Phi) is 5.13. The van der Waals surface area contributed by atoms with Crippen molar-refractivity contribution in [2.75, 3.05) is 7.11 Å². The predicted octanol–water partition coefficient (Wildman–Crippen LogP) is 2.16. The largest absolute Gasteiger partial charge is 0.497 e. The summed E-state index contributed by atoms with van der Waals surface area (Å²) in [5.74, 6) is -0.118. The van der Waals surface area contributed by atoms with Gasteiger partial charge in [0, 0.05) is 5.56 Å². The second-order valence-electron chi connectivity index (χ2n) is 5.46. The lowest BCUT2D eigenvalue weighted by Gasteiger charge is -2.22. The SMILES string of the molecule is COc1ccc(C(=O)N[C@H](C)C(=O)OC(C)(C)C)cc1. The van der Waals surface area contributed by atoms with Crippen LogP contribution in [0.1, 0.15) is 38.1 Å². The van der Waals surface area contributed by atoms with E-state index in [-0.39, 0.29) is 5.91 Å². The molecule has 0 aliphatic carbocycles. The van der Waals surface area contributed by atoms with Gasteiger partial charge in [-0.3, -0.25) is 4.79 Å². The lowest BCUT2D eigenvalue weighted by molar-refractivity contribution is -0.156. The summed E-state index contributed by atoms with van der Waals surface area (Å²) >= 11 is 0. The van der Waals surface area contributed by atoms with Crippen molar-refractivity contribution < 1.29 is 19.1 Å². The zero-order chi connectivity index (χ0) is 15.3. The molecule has 0 aromatic heterocycles. The van der Waals surface area contributed by atoms with Crippen molar-refractivity contribution in [2.45, 2.75) is 39.3 Å². The number of methoxy groups -OCH3 is 1. The summed E-state index contributed by atoms with van der Waals surface area (Å²) in [4.78, 5) is 23.7. The summed E-state index contributed by atoms with van der Waals surface area (Å²) in [6.45, 7) is 6.93. The minimum atomic E-state index is -0.705. The smallest absolute Gasteiger partial charge is 0.328 e. The molecule has 1 N–H and O–H groups in total. The van der Waals surface area contributed by atoms with E-state index in [1.165, 1.54) is 0 Å². The number of amides is 1. The third-order valence-electron chi connectivity index (χ3n) is 2.46. The maximum Gasteiger partial charge on any atom is 0.328 e. The van der Waals surface area contributed by atoms with Gasteiger partial charge in [-0.25, -0.2) is 4.79 Å². The Balaban J connectivity index is 2.62. The molecule has 0 aliphatic heterocycles. The second-order valence-corrected chi connectivity index (χ2v) is 5.46. The number of esters is 1. The standard InChI is InChI=1S/C15H21NO4/c1-10(14(18)20-15(2,3)4)16-13(17)11-6-8-12(19-5)9-7-11/h6-10H,1-5H3,(H,16,17)/t10-/m1/s1. The average Bonchev–Trinajstić information content (AvgIpc) is 2.36. The summed E-state index contributed by atoms with van der Waals surface area (Å²) in [5.41, 5.74) is -0.114. The molecule has 0 fully saturated rings. The van der Waals surface area contributed by atoms with Gasteiger partial charge in [-0.2, -0.15) is 0 Å². The molecule has 20 heavy (non-hydrogen) atoms. The highest BCUT2D eigenvalue weighted by atomic mass is 16.6. The molecule has 5 heteroatoms. The number of carbonyl (C=O) groups is 2. The first-order valence-corrected chi connectivity index (χ1v) is 6.40. The van der Waals surface area contributed by atoms with Crippen LogP contribution in [0.4, 0.5) is 0 Å². The summed E-state index contributed by atoms with van der Waals surface area (Å²) < 4.78 is 10.2. The van der Waals surface area contributed by atoms with Crippen LogP contribution in [0.15, 0.2) is 24.3 Å². The van der Waals surface area contributed by atoms with Crippen LogP contribution in [-0.4, -0.2) is 30.6 Å². The summed E-state index contributed by atoms with van der Waals surface area (Å²) in [7, 11) is 1.56. The molecule has 0 aliphatic rings. The van der Waals surface area contributed by atoms with Gasteiger partial charge >= 0.3 is 5.97 Å². The van der Waals surface area contributed by atoms with Crippen molar-refractivity contribution in [1.29, 1.82) is 0 Å². The molecule has 1 aromatic carbocycles. The van der Waals surface area contributed by atoms with Crippen LogP contribution in [0.25, 0.3) is 0 Å². The van der Waals surface area contributed by atoms with Gasteiger partial charge < -0.3 is 14.8 Å². The van der Waals surface area contributed by atoms with E-state index in [2.05, 4.69) is 5.32 Å². The molecule has 1 atom stereocenters. The van der Waals surface area contributed by atoms with Gasteiger partial charge in [0.15, 0.2) is 0 Å². The molecule has 1 aromatic rings. The highest BCUT2D eigenvalue weighted by Gasteiger charge is 2.23. The Morgan fingerprint density at radius 2 is 1.70 bits per heavy atom. The lowest BCUT2D eigenvalue weighted by atomic mass is 10.1. The fourth-order valence-electron chi connectivity index (χ4n) is 1.47. The molecule has 1 amide bonds. The van der Waals surface area contributed by atoms with Crippen molar-refractivity contribution in [3.63, 3.8) is 0 Å². The van der Waals surface area contributed by atoms with Crippen LogP contribution in [0, 0.1) is 0 Å². The van der Waals surface area contributed by atoms with E-state index in [9.17, 15) is 9.59 Å². The first-order chi connectivity index (χ1) is 9.23. The summed E-state index contributed by atoms with van der Waals surface area (Å²) in [6, 6.07) is 5.94. The first-order valence-electron chi connectivity index (χ1n) is 6.40. The second kappa shape index (κ2) is 6.41. The number of carbonyl (C=O) groups excluding carboxylic acids is 2. The van der Waals surface area contributed by atoms with E-state index < -0.39 is 17.6 Å². The fourth-order valence-corrected chi connectivity index (χ4v) is 1.47. The Morgan fingerprint density at radius 3 is 2.15 bits per heavy atom. The Hall–Kier alpha value is -2.04. The maximum atomic E-state index is 12.0. The van der Waals surface area contributed by atoms with Crippen molar-refractivity contribution >= 4 is 11.9 Å². The van der Waals surface area contributed by atoms with Crippen molar-refractivity contribution in [3.05, 3.63) is 29.8 Å². The van der Waals surface area contributed by atoms with Gasteiger partial charge in [-0.05, 0) is 52.0 Å². The Labute approximate surface area is 119 Å². The Bertz CT molecular complexity index is 474. The van der Waals surface area contributed by atoms with Gasteiger partial charge in [0.05, 0.1) is 7.11 Å². The molecule has 0 spiro atoms. The molecule has 110 valence electrons. The highest BCUT2D eigenvalue weighted by molar-refractivity contribution is 5.96. The first kappa shape index (κ1) is 16.0. The van der Waals surface area contributed by atoms with Gasteiger partial charge in [0.25, 0.3) is 5.91 Å². The van der Waals surface area contributed by atoms with Crippen LogP contribution in [-0.2, 0) is 9.53 Å². The van der Waals surface area contributed by atoms with Crippen molar-refractivity contribution in [1.82, 2.24) is 5.32 Å². The summed E-state index contributed by atoms with van der Waals surface area (Å²) in [6.07, 6.45) is 0. The van der Waals surface area contributed by atoms with Crippen LogP contribution in [0.5, 0.6) is 5.75 Å². The third kappa shape index (κ3) is 4.91. The van der Waals surface area contributed by atoms with E-state index in [4.69, 9.17) is 9.47 Å². The molecule has 0 saturated heterocycles. The molecule has 0 bridgehead atoms. The number of hydrogen-bond acceptors (Lipinski definition) is 4. The van der Waals surface area contributed by atoms with Crippen molar-refractivity contribution in [2.24, 2.45) is 0 Å². The normalized spacial score (nSPS) is 12.4. The van der Waals surface area contributed by atoms with E-state index in [1.54, 1.807) is 59.1 Å². The Morgan fingerprint density at radius 1 is 1.15 bits per heavy atom. The molecule has 0 unspecified atom stereocenters. The topological polar surface area (TPSA) is 64.6 Å². The van der Waals surface area contributed by atoms with Gasteiger partial charge in [0.1, 0.15) is 17.4 Å². The van der Waals surface area contributed by atoms with Gasteiger partial charge in [-0.1, -0.05) is 0 Å². The lowest BCUT2D eigenvalue weighted by Crippen LogP contribution is -2.42. The van der Waals surface area contributed by atoms with E-state index in [0.29, 0.717) is 11.3 Å². The minimum Gasteiger partial charge on any atom is -0.497 e. The molecular formula is C15H21NO4. The molecule has 0 heterocycles. The van der Waals surface area contributed by atoms with Gasteiger partial charge in [0.2, 0.25) is 0 Å². The zero-order valence-electron chi connectivity index (χ0n) is 12.5. The quantitative estimate of drug-likeness (QED) is 0.858. The predicted molar refractivity (Wildman–Crippen MR) is 75.8 cm³/mol. The van der Waals surface area contributed by atoms with E-state index in [0.717, 1.165) is 0 Å². The van der Waals surface area contributed by atoms with E-state index >= 15 is 0 Å². The van der Waals surface area contributed by atoms with Crippen molar-refractivity contribution in [3.8, 4) is 5.75 Å². The number of benzene rings is 1. The zero-order valence-corrected chi connectivity index (χ0v) is 12.5. The van der Waals surface area contributed by atoms with Crippen LogP contribution in [0.3, 0.4) is 0 Å². The minimum absolute atomic E-state index is 0.328. The van der Waals surface area contributed by atoms with Crippen LogP contribution >= 0.6 is 0 Å². The molecular weight excluding hydrogens is 258 g/mol. The number of nitrogens with one attached hydrogen (secondary N) is 1. The molecule has 0 saturated carbocycles. The average molecular weight is 279 g/mol. The highest BCUT2D eigenvalue weighted by Crippen LogP contribution is 2.12. The van der Waals surface area contributed by atoms with Crippen LogP contribution in [0.2, 0.25) is 0 Å². The molecule has 0 radical (unpaired) electrons. The number of hydrogen-bond donors (Lipinski definition) is 1.